The fourth-order valence-electron chi connectivity index (χ4n) is 1.55. The lowest BCUT2D eigenvalue weighted by Crippen LogP contribution is -2.14. The summed E-state index contributed by atoms with van der Waals surface area (Å²) in [6.45, 7) is 1.95. The highest BCUT2D eigenvalue weighted by molar-refractivity contribution is 7.80. The zero-order chi connectivity index (χ0) is 13.8. The van der Waals surface area contributed by atoms with Crippen LogP contribution in [-0.4, -0.2) is 15.9 Å². The number of benzene rings is 1. The van der Waals surface area contributed by atoms with Gasteiger partial charge in [-0.25, -0.2) is 4.98 Å². The summed E-state index contributed by atoms with van der Waals surface area (Å²) in [5.74, 6) is -0.0857. The maximum atomic E-state index is 11.8. The van der Waals surface area contributed by atoms with Gasteiger partial charge in [0.1, 0.15) is 4.99 Å². The molecule has 0 radical (unpaired) electrons. The first kappa shape index (κ1) is 13.6. The molecule has 0 spiro atoms. The summed E-state index contributed by atoms with van der Waals surface area (Å²) in [5.41, 5.74) is 7.22. The maximum absolute atomic E-state index is 11.8. The van der Waals surface area contributed by atoms with Crippen molar-refractivity contribution in [2.75, 3.05) is 5.32 Å². The largest absolute Gasteiger partial charge is 0.389 e. The molecule has 98 valence electrons. The lowest BCUT2D eigenvalue weighted by atomic mass is 10.1. The number of carbonyl (C=O) groups excluding carboxylic acids is 1. The molecule has 0 fully saturated rings. The summed E-state index contributed by atoms with van der Waals surface area (Å²) in [6.07, 6.45) is 2.04. The first-order valence-electron chi connectivity index (χ1n) is 5.65. The second-order valence-electron chi connectivity index (χ2n) is 4.06. The van der Waals surface area contributed by atoms with Gasteiger partial charge in [0.2, 0.25) is 5.91 Å². The summed E-state index contributed by atoms with van der Waals surface area (Å²) < 4.78 is 0. The smallest absolute Gasteiger partial charge is 0.230 e. The van der Waals surface area contributed by atoms with Gasteiger partial charge >= 0.3 is 0 Å². The van der Waals surface area contributed by atoms with E-state index < -0.39 is 0 Å². The van der Waals surface area contributed by atoms with Gasteiger partial charge in [-0.2, -0.15) is 0 Å². The predicted octanol–water partition coefficient (Wildman–Crippen LogP) is 2.27. The fourth-order valence-corrected chi connectivity index (χ4v) is 2.36. The summed E-state index contributed by atoms with van der Waals surface area (Å²) in [7, 11) is 0. The predicted molar refractivity (Wildman–Crippen MR) is 81.5 cm³/mol. The Morgan fingerprint density at radius 1 is 1.42 bits per heavy atom. The standard InChI is InChI=1S/C13H13N3OS2/c1-8-7-15-13(19-8)16-11(17)6-9-2-4-10(5-3-9)12(14)18/h2-5,7H,6H2,1H3,(H2,14,18)(H,15,16,17). The van der Waals surface area contributed by atoms with Gasteiger partial charge in [-0.15, -0.1) is 11.3 Å². The zero-order valence-electron chi connectivity index (χ0n) is 10.3. The molecule has 0 aliphatic carbocycles. The molecular formula is C13H13N3OS2. The van der Waals surface area contributed by atoms with Gasteiger partial charge in [-0.3, -0.25) is 4.79 Å². The average molecular weight is 291 g/mol. The second kappa shape index (κ2) is 5.90. The third-order valence-corrected chi connectivity index (χ3v) is 3.53. The van der Waals surface area contributed by atoms with E-state index in [2.05, 4.69) is 10.3 Å². The summed E-state index contributed by atoms with van der Waals surface area (Å²) in [5, 5.41) is 3.39. The Balaban J connectivity index is 1.97. The molecule has 19 heavy (non-hydrogen) atoms. The summed E-state index contributed by atoms with van der Waals surface area (Å²) in [4.78, 5) is 17.3. The van der Waals surface area contributed by atoms with Gasteiger partial charge < -0.3 is 11.1 Å². The molecular weight excluding hydrogens is 278 g/mol. The second-order valence-corrected chi connectivity index (χ2v) is 5.74. The minimum absolute atomic E-state index is 0.0857. The van der Waals surface area contributed by atoms with Gasteiger partial charge in [-0.05, 0) is 12.5 Å². The Morgan fingerprint density at radius 2 is 2.11 bits per heavy atom. The molecule has 3 N–H and O–H groups in total. The van der Waals surface area contributed by atoms with Crippen molar-refractivity contribution in [2.45, 2.75) is 13.3 Å². The van der Waals surface area contributed by atoms with E-state index in [1.54, 1.807) is 6.20 Å². The van der Waals surface area contributed by atoms with E-state index in [0.717, 1.165) is 16.0 Å². The molecule has 0 saturated carbocycles. The monoisotopic (exact) mass is 291 g/mol. The van der Waals surface area contributed by atoms with E-state index in [1.807, 2.05) is 31.2 Å². The van der Waals surface area contributed by atoms with Gasteiger partial charge in [-0.1, -0.05) is 36.5 Å². The number of thiocarbonyl (C=S) groups is 1. The molecule has 2 rings (SSSR count). The highest BCUT2D eigenvalue weighted by Crippen LogP contribution is 2.16. The van der Waals surface area contributed by atoms with Gasteiger partial charge in [0.25, 0.3) is 0 Å². The Labute approximate surface area is 120 Å². The molecule has 6 heteroatoms. The van der Waals surface area contributed by atoms with E-state index >= 15 is 0 Å². The molecule has 0 atom stereocenters. The number of carbonyl (C=O) groups is 1. The first-order chi connectivity index (χ1) is 9.04. The van der Waals surface area contributed by atoms with Crippen molar-refractivity contribution < 1.29 is 4.79 Å². The highest BCUT2D eigenvalue weighted by Gasteiger charge is 2.07. The van der Waals surface area contributed by atoms with Gasteiger partial charge in [0.15, 0.2) is 5.13 Å². The summed E-state index contributed by atoms with van der Waals surface area (Å²) >= 11 is 6.33. The van der Waals surface area contributed by atoms with E-state index in [4.69, 9.17) is 18.0 Å². The van der Waals surface area contributed by atoms with Crippen LogP contribution >= 0.6 is 23.6 Å². The molecule has 1 amide bonds. The summed E-state index contributed by atoms with van der Waals surface area (Å²) in [6, 6.07) is 7.33. The Morgan fingerprint density at radius 3 is 2.63 bits per heavy atom. The molecule has 1 heterocycles. The topological polar surface area (TPSA) is 68.0 Å². The van der Waals surface area contributed by atoms with E-state index in [9.17, 15) is 4.79 Å². The van der Waals surface area contributed by atoms with Crippen LogP contribution in [0.4, 0.5) is 5.13 Å². The number of nitrogens with two attached hydrogens (primary N) is 1. The van der Waals surface area contributed by atoms with Crippen LogP contribution in [0.25, 0.3) is 0 Å². The van der Waals surface area contributed by atoms with Crippen LogP contribution in [-0.2, 0) is 11.2 Å². The van der Waals surface area contributed by atoms with Crippen LogP contribution in [0.1, 0.15) is 16.0 Å². The normalized spacial score (nSPS) is 10.2. The molecule has 4 nitrogen and oxygen atoms in total. The van der Waals surface area contributed by atoms with Crippen LogP contribution in [0.3, 0.4) is 0 Å². The molecule has 0 aliphatic rings. The Kier molecular flexibility index (Phi) is 4.24. The minimum Gasteiger partial charge on any atom is -0.389 e. The fraction of sp³-hybridized carbons (Fsp3) is 0.154. The molecule has 2 aromatic rings. The van der Waals surface area contributed by atoms with Crippen LogP contribution in [0.5, 0.6) is 0 Å². The molecule has 0 bridgehead atoms. The average Bonchev–Trinajstić information content (AvgIpc) is 2.75. The van der Waals surface area contributed by atoms with Crippen molar-refractivity contribution in [3.63, 3.8) is 0 Å². The zero-order valence-corrected chi connectivity index (χ0v) is 12.0. The van der Waals surface area contributed by atoms with Gasteiger partial charge in [0, 0.05) is 16.6 Å². The quantitative estimate of drug-likeness (QED) is 0.848. The SMILES string of the molecule is Cc1cnc(NC(=O)Cc2ccc(C(N)=S)cc2)s1. The molecule has 0 unspecified atom stereocenters. The van der Waals surface area contributed by atoms with Crippen LogP contribution in [0, 0.1) is 6.92 Å². The van der Waals surface area contributed by atoms with Gasteiger partial charge in [0.05, 0.1) is 6.42 Å². The third kappa shape index (κ3) is 3.84. The van der Waals surface area contributed by atoms with Crippen molar-refractivity contribution >= 4 is 39.6 Å². The van der Waals surface area contributed by atoms with Crippen molar-refractivity contribution in [3.05, 3.63) is 46.5 Å². The number of thiazole rings is 1. The first-order valence-corrected chi connectivity index (χ1v) is 6.88. The number of nitrogens with one attached hydrogen (secondary N) is 1. The van der Waals surface area contributed by atoms with Crippen molar-refractivity contribution in [3.8, 4) is 0 Å². The number of aryl methyl sites for hydroxylation is 1. The lowest BCUT2D eigenvalue weighted by Gasteiger charge is -2.03. The maximum Gasteiger partial charge on any atom is 0.230 e. The number of aromatic nitrogens is 1. The number of nitrogens with zero attached hydrogens (tertiary/aromatic N) is 1. The Hall–Kier alpha value is -1.79. The molecule has 1 aromatic heterocycles. The van der Waals surface area contributed by atoms with Crippen molar-refractivity contribution in [2.24, 2.45) is 5.73 Å². The van der Waals surface area contributed by atoms with Crippen molar-refractivity contribution in [1.29, 1.82) is 0 Å². The van der Waals surface area contributed by atoms with Crippen molar-refractivity contribution in [1.82, 2.24) is 4.98 Å². The molecule has 0 aliphatic heterocycles. The number of amides is 1. The van der Waals surface area contributed by atoms with E-state index in [-0.39, 0.29) is 5.91 Å². The van der Waals surface area contributed by atoms with E-state index in [0.29, 0.717) is 16.5 Å². The highest BCUT2D eigenvalue weighted by atomic mass is 32.1. The van der Waals surface area contributed by atoms with Crippen LogP contribution in [0.2, 0.25) is 0 Å². The van der Waals surface area contributed by atoms with Crippen LogP contribution in [0.15, 0.2) is 30.5 Å². The van der Waals surface area contributed by atoms with Crippen LogP contribution < -0.4 is 11.1 Å². The number of anilines is 1. The number of hydrogen-bond donors (Lipinski definition) is 2. The lowest BCUT2D eigenvalue weighted by molar-refractivity contribution is -0.115. The number of hydrogen-bond acceptors (Lipinski definition) is 4. The third-order valence-electron chi connectivity index (χ3n) is 2.47. The molecule has 0 saturated heterocycles. The number of rotatable bonds is 4. The van der Waals surface area contributed by atoms with E-state index in [1.165, 1.54) is 11.3 Å². The minimum atomic E-state index is -0.0857. The Bertz CT molecular complexity index is 605. The molecule has 1 aromatic carbocycles.